The number of hydrogen-bond acceptors (Lipinski definition) is 5. The van der Waals surface area contributed by atoms with E-state index in [9.17, 15) is 9.18 Å². The lowest BCUT2D eigenvalue weighted by atomic mass is 10.2. The van der Waals surface area contributed by atoms with Gasteiger partial charge in [0, 0.05) is 11.4 Å². The van der Waals surface area contributed by atoms with Gasteiger partial charge < -0.3 is 9.47 Å². The Labute approximate surface area is 148 Å². The molecule has 3 aromatic rings. The van der Waals surface area contributed by atoms with Crippen LogP contribution in [0.4, 0.5) is 4.39 Å². The van der Waals surface area contributed by atoms with Crippen LogP contribution in [0, 0.1) is 12.7 Å². The maximum atomic E-state index is 13.1. The van der Waals surface area contributed by atoms with Gasteiger partial charge in [0.05, 0.1) is 12.1 Å². The van der Waals surface area contributed by atoms with Gasteiger partial charge in [-0.2, -0.15) is 0 Å². The third-order valence-corrected chi connectivity index (χ3v) is 4.21. The fraction of sp³-hybridized carbons (Fsp3) is 0.158. The first-order valence-electron chi connectivity index (χ1n) is 7.67. The lowest BCUT2D eigenvalue weighted by Crippen LogP contribution is -2.11. The summed E-state index contributed by atoms with van der Waals surface area (Å²) in [7, 11) is 0. The van der Waals surface area contributed by atoms with Crippen LogP contribution in [0.2, 0.25) is 0 Å². The monoisotopic (exact) mass is 357 g/mol. The lowest BCUT2D eigenvalue weighted by molar-refractivity contribution is -0.133. The second-order valence-corrected chi connectivity index (χ2v) is 6.39. The van der Waals surface area contributed by atoms with Gasteiger partial charge in [-0.1, -0.05) is 23.8 Å². The van der Waals surface area contributed by atoms with E-state index in [-0.39, 0.29) is 12.2 Å². The Morgan fingerprint density at radius 2 is 1.96 bits per heavy atom. The molecular weight excluding hydrogens is 341 g/mol. The number of aryl methyl sites for hydroxylation is 1. The standard InChI is InChI=1S/C19H16FNO3S/c1-13-5-7-16(8-6-13)23-11-18-21-15(12-25-18)10-19(22)24-17-4-2-3-14(20)9-17/h2-9,12H,10-11H2,1H3. The Morgan fingerprint density at radius 1 is 1.16 bits per heavy atom. The van der Waals surface area contributed by atoms with Crippen LogP contribution in [-0.2, 0) is 17.8 Å². The van der Waals surface area contributed by atoms with E-state index in [1.807, 2.05) is 31.2 Å². The van der Waals surface area contributed by atoms with Crippen molar-refractivity contribution < 1.29 is 18.7 Å². The smallest absolute Gasteiger partial charge is 0.317 e. The normalized spacial score (nSPS) is 10.5. The minimum atomic E-state index is -0.484. The Morgan fingerprint density at radius 3 is 2.72 bits per heavy atom. The molecule has 0 aliphatic carbocycles. The van der Waals surface area contributed by atoms with E-state index in [1.165, 1.54) is 41.2 Å². The highest BCUT2D eigenvalue weighted by atomic mass is 32.1. The van der Waals surface area contributed by atoms with Gasteiger partial charge in [-0.05, 0) is 31.2 Å². The number of ether oxygens (including phenoxy) is 2. The number of esters is 1. The number of nitrogens with zero attached hydrogens (tertiary/aromatic N) is 1. The van der Waals surface area contributed by atoms with Crippen LogP contribution in [0.15, 0.2) is 53.9 Å². The minimum absolute atomic E-state index is 0.0253. The van der Waals surface area contributed by atoms with Crippen LogP contribution in [0.1, 0.15) is 16.3 Å². The van der Waals surface area contributed by atoms with E-state index in [4.69, 9.17) is 9.47 Å². The van der Waals surface area contributed by atoms with Crippen LogP contribution in [0.5, 0.6) is 11.5 Å². The summed E-state index contributed by atoms with van der Waals surface area (Å²) in [6, 6.07) is 13.2. The molecular formula is C19H16FNO3S. The van der Waals surface area contributed by atoms with Crippen molar-refractivity contribution in [2.24, 2.45) is 0 Å². The fourth-order valence-electron chi connectivity index (χ4n) is 2.12. The van der Waals surface area contributed by atoms with Crippen molar-refractivity contribution in [1.82, 2.24) is 4.98 Å². The quantitative estimate of drug-likeness (QED) is 0.487. The molecule has 0 saturated carbocycles. The first-order chi connectivity index (χ1) is 12.1. The second-order valence-electron chi connectivity index (χ2n) is 5.44. The first-order valence-corrected chi connectivity index (χ1v) is 8.55. The maximum Gasteiger partial charge on any atom is 0.317 e. The molecule has 0 atom stereocenters. The topological polar surface area (TPSA) is 48.4 Å². The van der Waals surface area contributed by atoms with Crippen LogP contribution in [-0.4, -0.2) is 11.0 Å². The number of carbonyl (C=O) groups excluding carboxylic acids is 1. The highest BCUT2D eigenvalue weighted by Gasteiger charge is 2.11. The van der Waals surface area contributed by atoms with Crippen molar-refractivity contribution in [3.8, 4) is 11.5 Å². The molecule has 1 heterocycles. The zero-order valence-electron chi connectivity index (χ0n) is 13.6. The van der Waals surface area contributed by atoms with Crippen molar-refractivity contribution in [1.29, 1.82) is 0 Å². The highest BCUT2D eigenvalue weighted by Crippen LogP contribution is 2.17. The SMILES string of the molecule is Cc1ccc(OCc2nc(CC(=O)Oc3cccc(F)c3)cs2)cc1. The summed E-state index contributed by atoms with van der Waals surface area (Å²) >= 11 is 1.42. The van der Waals surface area contributed by atoms with Gasteiger partial charge in [0.1, 0.15) is 28.9 Å². The molecule has 0 amide bonds. The zero-order chi connectivity index (χ0) is 17.6. The van der Waals surface area contributed by atoms with E-state index in [0.717, 1.165) is 10.8 Å². The Bertz CT molecular complexity index is 861. The summed E-state index contributed by atoms with van der Waals surface area (Å²) in [6.07, 6.45) is 0.0253. The number of aromatic nitrogens is 1. The summed E-state index contributed by atoms with van der Waals surface area (Å²) in [5, 5.41) is 2.56. The molecule has 6 heteroatoms. The first kappa shape index (κ1) is 17.1. The van der Waals surface area contributed by atoms with E-state index < -0.39 is 11.8 Å². The molecule has 0 aliphatic heterocycles. The van der Waals surface area contributed by atoms with Gasteiger partial charge in [-0.25, -0.2) is 9.37 Å². The summed E-state index contributed by atoms with van der Waals surface area (Å²) < 4.78 is 23.8. The maximum absolute atomic E-state index is 13.1. The zero-order valence-corrected chi connectivity index (χ0v) is 14.4. The number of rotatable bonds is 6. The van der Waals surface area contributed by atoms with E-state index in [1.54, 1.807) is 5.38 Å². The third kappa shape index (κ3) is 5.12. The van der Waals surface area contributed by atoms with Crippen LogP contribution in [0.25, 0.3) is 0 Å². The number of carbonyl (C=O) groups is 1. The summed E-state index contributed by atoms with van der Waals surface area (Å²) in [5.74, 6) is 0.0208. The predicted molar refractivity (Wildman–Crippen MR) is 93.4 cm³/mol. The molecule has 0 bridgehead atoms. The van der Waals surface area contributed by atoms with Crippen LogP contribution >= 0.6 is 11.3 Å². The van der Waals surface area contributed by atoms with Gasteiger partial charge in [-0.3, -0.25) is 4.79 Å². The molecule has 0 saturated heterocycles. The van der Waals surface area contributed by atoms with Crippen molar-refractivity contribution >= 4 is 17.3 Å². The van der Waals surface area contributed by atoms with Gasteiger partial charge in [0.25, 0.3) is 0 Å². The Balaban J connectivity index is 1.52. The van der Waals surface area contributed by atoms with Gasteiger partial charge in [-0.15, -0.1) is 11.3 Å². The highest BCUT2D eigenvalue weighted by molar-refractivity contribution is 7.09. The molecule has 25 heavy (non-hydrogen) atoms. The van der Waals surface area contributed by atoms with Crippen molar-refractivity contribution in [3.63, 3.8) is 0 Å². The molecule has 0 radical (unpaired) electrons. The number of benzene rings is 2. The van der Waals surface area contributed by atoms with Crippen molar-refractivity contribution in [2.75, 3.05) is 0 Å². The molecule has 0 N–H and O–H groups in total. The third-order valence-electron chi connectivity index (χ3n) is 3.34. The van der Waals surface area contributed by atoms with E-state index in [0.29, 0.717) is 12.3 Å². The molecule has 2 aromatic carbocycles. The molecule has 0 aliphatic rings. The number of hydrogen-bond donors (Lipinski definition) is 0. The molecule has 1 aromatic heterocycles. The molecule has 4 nitrogen and oxygen atoms in total. The summed E-state index contributed by atoms with van der Waals surface area (Å²) in [5.41, 5.74) is 1.77. The second kappa shape index (κ2) is 7.90. The largest absolute Gasteiger partial charge is 0.486 e. The molecule has 128 valence electrons. The number of thiazole rings is 1. The van der Waals surface area contributed by atoms with E-state index >= 15 is 0 Å². The van der Waals surface area contributed by atoms with E-state index in [2.05, 4.69) is 4.98 Å². The van der Waals surface area contributed by atoms with Gasteiger partial charge in [0.2, 0.25) is 0 Å². The van der Waals surface area contributed by atoms with Crippen LogP contribution < -0.4 is 9.47 Å². The average Bonchev–Trinajstić information content (AvgIpc) is 3.01. The molecule has 3 rings (SSSR count). The molecule has 0 unspecified atom stereocenters. The predicted octanol–water partition coefficient (Wildman–Crippen LogP) is 4.32. The fourth-order valence-corrected chi connectivity index (χ4v) is 2.83. The number of halogens is 1. The van der Waals surface area contributed by atoms with Crippen molar-refractivity contribution in [2.45, 2.75) is 20.0 Å². The average molecular weight is 357 g/mol. The van der Waals surface area contributed by atoms with Gasteiger partial charge >= 0.3 is 5.97 Å². The summed E-state index contributed by atoms with van der Waals surface area (Å²) in [6.45, 7) is 2.35. The Kier molecular flexibility index (Phi) is 5.40. The molecule has 0 fully saturated rings. The summed E-state index contributed by atoms with van der Waals surface area (Å²) in [4.78, 5) is 16.3. The minimum Gasteiger partial charge on any atom is -0.486 e. The van der Waals surface area contributed by atoms with Crippen molar-refractivity contribution in [3.05, 3.63) is 76.0 Å². The Hall–Kier alpha value is -2.73. The van der Waals surface area contributed by atoms with Crippen LogP contribution in [0.3, 0.4) is 0 Å². The molecule has 0 spiro atoms. The van der Waals surface area contributed by atoms with Gasteiger partial charge in [0.15, 0.2) is 0 Å². The lowest BCUT2D eigenvalue weighted by Gasteiger charge is -2.04.